The summed E-state index contributed by atoms with van der Waals surface area (Å²) >= 11 is 0. The van der Waals surface area contributed by atoms with Crippen molar-refractivity contribution in [2.24, 2.45) is 17.3 Å². The Bertz CT molecular complexity index is 1810. The lowest BCUT2D eigenvalue weighted by molar-refractivity contribution is -0.192. The molecule has 0 spiro atoms. The van der Waals surface area contributed by atoms with Crippen LogP contribution in [-0.2, 0) is 10.0 Å². The van der Waals surface area contributed by atoms with E-state index in [1.807, 2.05) is 4.90 Å². The molecule has 11 nitrogen and oxygen atoms in total. The molecule has 0 aromatic carbocycles. The molecule has 1 unspecified atom stereocenters. The number of rotatable bonds is 6. The number of hydrogen-bond acceptors (Lipinski definition) is 9. The number of carbonyl (C=O) groups excluding carboxylic acids is 1. The number of aromatic nitrogens is 4. The van der Waals surface area contributed by atoms with Crippen LogP contribution < -0.4 is 19.7 Å². The molecule has 17 heteroatoms. The molecule has 2 fully saturated rings. The van der Waals surface area contributed by atoms with Gasteiger partial charge in [0.15, 0.2) is 10.8 Å². The van der Waals surface area contributed by atoms with Crippen LogP contribution >= 0.6 is 0 Å². The summed E-state index contributed by atoms with van der Waals surface area (Å²) in [5, 5.41) is 5.29. The molecular weight excluding hydrogens is 645 g/mol. The predicted octanol–water partition coefficient (Wildman–Crippen LogP) is 4.40. The van der Waals surface area contributed by atoms with Crippen LogP contribution in [0, 0.1) is 17.3 Å². The highest BCUT2D eigenvalue weighted by Gasteiger charge is 2.68. The molecule has 2 aliphatic heterocycles. The molecule has 1 amide bonds. The lowest BCUT2D eigenvalue weighted by Crippen LogP contribution is -2.41. The van der Waals surface area contributed by atoms with Crippen molar-refractivity contribution >= 4 is 43.3 Å². The van der Waals surface area contributed by atoms with Crippen LogP contribution in [0.25, 0.3) is 5.82 Å². The monoisotopic (exact) mass is 681 g/mol. The van der Waals surface area contributed by atoms with Crippen molar-refractivity contribution in [1.29, 1.82) is 0 Å². The number of ether oxygens (including phenoxy) is 1. The minimum absolute atomic E-state index is 0.0531. The second-order valence-corrected chi connectivity index (χ2v) is 15.4. The van der Waals surface area contributed by atoms with E-state index in [4.69, 9.17) is 25.4 Å². The topological polar surface area (TPSA) is 131 Å². The predicted molar refractivity (Wildman–Crippen MR) is 174 cm³/mol. The van der Waals surface area contributed by atoms with E-state index in [9.17, 15) is 26.4 Å². The fraction of sp³-hybridized carbons (Fsp3) is 0.548. The van der Waals surface area contributed by atoms with E-state index in [1.165, 1.54) is 28.9 Å². The fourth-order valence-corrected chi connectivity index (χ4v) is 7.71. The van der Waals surface area contributed by atoms with Crippen molar-refractivity contribution in [3.63, 3.8) is 0 Å². The molecule has 1 saturated carbocycles. The number of halogens is 3. The molecule has 4 bridgehead atoms. The third-order valence-electron chi connectivity index (χ3n) is 9.96. The number of carbonyl (C=O) groups is 1. The summed E-state index contributed by atoms with van der Waals surface area (Å²) in [5.74, 6) is 0.781. The highest BCUT2D eigenvalue weighted by Crippen LogP contribution is 2.69. The number of fused-ring (bicyclic) bond motifs is 6. The zero-order chi connectivity index (χ0) is 34.7. The van der Waals surface area contributed by atoms with Crippen LogP contribution in [0.2, 0.25) is 5.21 Å². The Morgan fingerprint density at radius 3 is 2.56 bits per heavy atom. The lowest BCUT2D eigenvalue weighted by atomic mass is 9.45. The first-order valence-corrected chi connectivity index (χ1v) is 17.3. The van der Waals surface area contributed by atoms with Gasteiger partial charge in [-0.15, -0.1) is 5.10 Å². The molecule has 6 rings (SSSR count). The zero-order valence-corrected chi connectivity index (χ0v) is 27.7. The quantitative estimate of drug-likeness (QED) is 0.364. The maximum atomic E-state index is 13.7. The molecule has 1 aliphatic carbocycles. The van der Waals surface area contributed by atoms with Crippen LogP contribution in [0.3, 0.4) is 0 Å². The summed E-state index contributed by atoms with van der Waals surface area (Å²) in [6.07, 6.45) is -1.82. The normalized spacial score (nSPS) is 23.2. The average molecular weight is 681 g/mol. The van der Waals surface area contributed by atoms with Gasteiger partial charge in [0.05, 0.1) is 33.3 Å². The van der Waals surface area contributed by atoms with E-state index in [0.717, 1.165) is 12.8 Å². The first-order chi connectivity index (χ1) is 22.4. The summed E-state index contributed by atoms with van der Waals surface area (Å²) in [6, 6.07) is 9.09. The average Bonchev–Trinajstić information content (AvgIpc) is 3.63. The molecule has 48 heavy (non-hydrogen) atoms. The van der Waals surface area contributed by atoms with Crippen LogP contribution in [-0.4, -0.2) is 81.2 Å². The lowest BCUT2D eigenvalue weighted by Gasteiger charge is -2.37. The molecule has 2 atom stereocenters. The number of amides is 1. The Kier molecular flexibility index (Phi) is 8.52. The second-order valence-electron chi connectivity index (χ2n) is 13.7. The van der Waals surface area contributed by atoms with E-state index >= 15 is 0 Å². The highest BCUT2D eigenvalue weighted by molar-refractivity contribution is 7.90. The largest absolute Gasteiger partial charge is 0.477 e. The van der Waals surface area contributed by atoms with E-state index in [0.29, 0.717) is 24.7 Å². The van der Waals surface area contributed by atoms with E-state index in [2.05, 4.69) is 40.9 Å². The first-order valence-electron chi connectivity index (χ1n) is 15.8. The van der Waals surface area contributed by atoms with E-state index in [-0.39, 0.29) is 60.0 Å². The Balaban J connectivity index is 1.29. The third kappa shape index (κ3) is 6.37. The molecule has 1 saturated heterocycles. The van der Waals surface area contributed by atoms with Gasteiger partial charge < -0.3 is 15.0 Å². The fourth-order valence-electron chi connectivity index (χ4n) is 6.77. The molecular formula is C31H36B2F3N7O4S. The van der Waals surface area contributed by atoms with Crippen molar-refractivity contribution in [3.8, 4) is 11.7 Å². The number of nitrogens with zero attached hydrogens (tertiary/aromatic N) is 5. The van der Waals surface area contributed by atoms with Crippen molar-refractivity contribution in [3.05, 3.63) is 48.2 Å². The molecule has 5 heterocycles. The maximum Gasteiger partial charge on any atom is 0.393 e. The Morgan fingerprint density at radius 1 is 1.10 bits per heavy atom. The van der Waals surface area contributed by atoms with Gasteiger partial charge in [0.1, 0.15) is 11.6 Å². The second kappa shape index (κ2) is 12.0. The Labute approximate surface area is 280 Å². The van der Waals surface area contributed by atoms with Gasteiger partial charge in [-0.1, -0.05) is 18.2 Å². The molecule has 3 aromatic rings. The highest BCUT2D eigenvalue weighted by atomic mass is 32.2. The Hall–Kier alpha value is -3.75. The van der Waals surface area contributed by atoms with Gasteiger partial charge in [0.2, 0.25) is 5.88 Å². The van der Waals surface area contributed by atoms with Crippen molar-refractivity contribution in [1.82, 2.24) is 24.5 Å². The summed E-state index contributed by atoms with van der Waals surface area (Å²) in [7, 11) is 7.51. The molecule has 3 aromatic heterocycles. The van der Waals surface area contributed by atoms with Gasteiger partial charge >= 0.3 is 6.18 Å². The summed E-state index contributed by atoms with van der Waals surface area (Å²) < 4.78 is 76.4. The number of nitrogens with one attached hydrogen (secondary N) is 2. The SMILES string of the molecule is [B]C([B])(CCOc1ccn(-c2ccc3c(n2)N2CC(CC2(C)C)[C@@H](C)CCNc2cccc(n2)S(=O)(=O)NC3=O)n1)C1(C(F)(F)F)CC1. The number of hydrogen-bond donors (Lipinski definition) is 2. The molecule has 3 aliphatic rings. The molecule has 4 radical (unpaired) electrons. The summed E-state index contributed by atoms with van der Waals surface area (Å²) in [5.41, 5.74) is -2.50. The maximum absolute atomic E-state index is 13.7. The van der Waals surface area contributed by atoms with Gasteiger partial charge in [-0.2, -0.15) is 21.6 Å². The smallest absolute Gasteiger partial charge is 0.393 e. The summed E-state index contributed by atoms with van der Waals surface area (Å²) in [6.45, 7) is 7.27. The molecule has 252 valence electrons. The van der Waals surface area contributed by atoms with E-state index < -0.39 is 38.3 Å². The van der Waals surface area contributed by atoms with Crippen LogP contribution in [0.1, 0.15) is 63.2 Å². The summed E-state index contributed by atoms with van der Waals surface area (Å²) in [4.78, 5) is 24.7. The van der Waals surface area contributed by atoms with Crippen molar-refractivity contribution < 1.29 is 31.1 Å². The van der Waals surface area contributed by atoms with Crippen LogP contribution in [0.4, 0.5) is 24.8 Å². The van der Waals surface area contributed by atoms with Gasteiger partial charge in [0.25, 0.3) is 15.9 Å². The van der Waals surface area contributed by atoms with Crippen LogP contribution in [0.15, 0.2) is 47.6 Å². The van der Waals surface area contributed by atoms with Crippen molar-refractivity contribution in [2.45, 2.75) is 74.8 Å². The minimum Gasteiger partial charge on any atom is -0.477 e. The van der Waals surface area contributed by atoms with Crippen molar-refractivity contribution in [2.75, 3.05) is 29.9 Å². The number of sulfonamides is 1. The van der Waals surface area contributed by atoms with Gasteiger partial charge in [-0.05, 0) is 82.1 Å². The zero-order valence-electron chi connectivity index (χ0n) is 26.9. The van der Waals surface area contributed by atoms with Crippen LogP contribution in [0.5, 0.6) is 5.88 Å². The molecule has 2 N–H and O–H groups in total. The van der Waals surface area contributed by atoms with Gasteiger partial charge in [-0.3, -0.25) is 4.79 Å². The van der Waals surface area contributed by atoms with E-state index in [1.54, 1.807) is 18.3 Å². The minimum atomic E-state index is -4.51. The number of alkyl halides is 3. The van der Waals surface area contributed by atoms with Gasteiger partial charge in [-0.25, -0.2) is 19.4 Å². The number of pyridine rings is 2. The third-order valence-corrected chi connectivity index (χ3v) is 11.2. The Morgan fingerprint density at radius 2 is 1.85 bits per heavy atom. The standard InChI is InChI=1S/C31H36B2F3N7O4S/c1-19-9-14-37-22-5-4-6-25(38-22)48(45,46)41-27(44)21-7-8-23(39-26(21)42-18-20(19)17-28(42,2)3)43-15-10-24(40-43)47-16-13-30(32,33)29(11-12-29)31(34,35)36/h4-8,10,15,19-20H,9,11-14,16-18H2,1-3H3,(H,37,38)(H,41,44)/t19-,20?/m0/s1. The number of anilines is 2. The first kappa shape index (κ1) is 34.1. The van der Waals surface area contributed by atoms with Gasteiger partial charge in [0, 0.05) is 30.9 Å².